The summed E-state index contributed by atoms with van der Waals surface area (Å²) in [7, 11) is 0. The van der Waals surface area contributed by atoms with E-state index < -0.39 is 0 Å². The van der Waals surface area contributed by atoms with Gasteiger partial charge in [-0.15, -0.1) is 0 Å². The number of carbonyl (C=O) groups excluding carboxylic acids is 2. The maximum atomic E-state index is 12.9. The van der Waals surface area contributed by atoms with Gasteiger partial charge < -0.3 is 0 Å². The molecular weight excluding hydrogens is 368 g/mol. The van der Waals surface area contributed by atoms with E-state index in [1.807, 2.05) is 111 Å². The van der Waals surface area contributed by atoms with Crippen molar-refractivity contribution >= 4 is 11.6 Å². The SMILES string of the molecule is Cc1ccc(C(=O)c2cccc(-c3cccc(C(=O)c4ccc(C)cc4)c3)c2)cc1. The molecule has 0 spiro atoms. The molecule has 4 aromatic carbocycles. The van der Waals surface area contributed by atoms with Gasteiger partial charge in [0, 0.05) is 22.3 Å². The lowest BCUT2D eigenvalue weighted by Crippen LogP contribution is -2.02. The van der Waals surface area contributed by atoms with Crippen molar-refractivity contribution in [3.63, 3.8) is 0 Å². The average molecular weight is 390 g/mol. The van der Waals surface area contributed by atoms with Gasteiger partial charge in [0.25, 0.3) is 0 Å². The molecule has 0 fully saturated rings. The highest BCUT2D eigenvalue weighted by Crippen LogP contribution is 2.24. The molecule has 0 unspecified atom stereocenters. The van der Waals surface area contributed by atoms with Crippen molar-refractivity contribution in [1.82, 2.24) is 0 Å². The fourth-order valence-electron chi connectivity index (χ4n) is 3.42. The Kier molecular flexibility index (Phi) is 5.40. The minimum Gasteiger partial charge on any atom is -0.289 e. The van der Waals surface area contributed by atoms with Crippen LogP contribution in [0.5, 0.6) is 0 Å². The van der Waals surface area contributed by atoms with Crippen LogP contribution in [0.2, 0.25) is 0 Å². The maximum Gasteiger partial charge on any atom is 0.193 e. The molecule has 0 saturated heterocycles. The molecular formula is C28H22O2. The van der Waals surface area contributed by atoms with Crippen LogP contribution in [0.25, 0.3) is 11.1 Å². The van der Waals surface area contributed by atoms with E-state index in [1.54, 1.807) is 0 Å². The van der Waals surface area contributed by atoms with E-state index in [0.29, 0.717) is 22.3 Å². The molecule has 0 aliphatic rings. The summed E-state index contributed by atoms with van der Waals surface area (Å²) >= 11 is 0. The molecule has 0 saturated carbocycles. The molecule has 0 N–H and O–H groups in total. The quantitative estimate of drug-likeness (QED) is 0.368. The van der Waals surface area contributed by atoms with E-state index >= 15 is 0 Å². The molecule has 4 aromatic rings. The van der Waals surface area contributed by atoms with Crippen LogP contribution in [0.4, 0.5) is 0 Å². The molecule has 0 amide bonds. The largest absolute Gasteiger partial charge is 0.289 e. The Bertz CT molecular complexity index is 1120. The van der Waals surface area contributed by atoms with Crippen molar-refractivity contribution in [3.8, 4) is 11.1 Å². The van der Waals surface area contributed by atoms with Gasteiger partial charge in [-0.05, 0) is 37.1 Å². The van der Waals surface area contributed by atoms with E-state index in [9.17, 15) is 9.59 Å². The molecule has 146 valence electrons. The van der Waals surface area contributed by atoms with Crippen LogP contribution >= 0.6 is 0 Å². The topological polar surface area (TPSA) is 34.1 Å². The lowest BCUT2D eigenvalue weighted by molar-refractivity contribution is 0.103. The number of aryl methyl sites for hydroxylation is 2. The zero-order valence-electron chi connectivity index (χ0n) is 17.1. The monoisotopic (exact) mass is 390 g/mol. The van der Waals surface area contributed by atoms with Crippen molar-refractivity contribution in [2.75, 3.05) is 0 Å². The summed E-state index contributed by atoms with van der Waals surface area (Å²) in [6.07, 6.45) is 0. The predicted molar refractivity (Wildman–Crippen MR) is 121 cm³/mol. The third-order valence-electron chi connectivity index (χ3n) is 5.21. The van der Waals surface area contributed by atoms with Crippen molar-refractivity contribution in [3.05, 3.63) is 130 Å². The van der Waals surface area contributed by atoms with Gasteiger partial charge in [0.15, 0.2) is 11.6 Å². The normalized spacial score (nSPS) is 10.6. The maximum absolute atomic E-state index is 12.9. The summed E-state index contributed by atoms with van der Waals surface area (Å²) in [5, 5.41) is 0. The number of hydrogen-bond acceptors (Lipinski definition) is 2. The second kappa shape index (κ2) is 8.30. The first kappa shape index (κ1) is 19.5. The van der Waals surface area contributed by atoms with Crippen LogP contribution < -0.4 is 0 Å². The highest BCUT2D eigenvalue weighted by molar-refractivity contribution is 6.10. The summed E-state index contributed by atoms with van der Waals surface area (Å²) in [5.74, 6) is -0.0209. The number of benzene rings is 4. The number of hydrogen-bond donors (Lipinski definition) is 0. The smallest absolute Gasteiger partial charge is 0.193 e. The zero-order valence-corrected chi connectivity index (χ0v) is 17.1. The number of ketones is 2. The van der Waals surface area contributed by atoms with Crippen LogP contribution in [0.1, 0.15) is 43.0 Å². The van der Waals surface area contributed by atoms with Crippen molar-refractivity contribution in [2.45, 2.75) is 13.8 Å². The summed E-state index contributed by atoms with van der Waals surface area (Å²) in [6.45, 7) is 4.00. The van der Waals surface area contributed by atoms with Gasteiger partial charge >= 0.3 is 0 Å². The Morgan fingerprint density at radius 3 is 1.20 bits per heavy atom. The lowest BCUT2D eigenvalue weighted by Gasteiger charge is -2.08. The first-order valence-electron chi connectivity index (χ1n) is 9.94. The number of carbonyl (C=O) groups is 2. The van der Waals surface area contributed by atoms with Crippen LogP contribution in [-0.2, 0) is 0 Å². The van der Waals surface area contributed by atoms with Gasteiger partial charge in [0.2, 0.25) is 0 Å². The highest BCUT2D eigenvalue weighted by atomic mass is 16.1. The minimum atomic E-state index is -0.0104. The van der Waals surface area contributed by atoms with Gasteiger partial charge in [0.05, 0.1) is 0 Å². The molecule has 2 heteroatoms. The Balaban J connectivity index is 1.65. The molecule has 0 aliphatic heterocycles. The van der Waals surface area contributed by atoms with Gasteiger partial charge in [0.1, 0.15) is 0 Å². The summed E-state index contributed by atoms with van der Waals surface area (Å²) in [5.41, 5.74) is 6.66. The van der Waals surface area contributed by atoms with Gasteiger partial charge in [-0.1, -0.05) is 96.1 Å². The third-order valence-corrected chi connectivity index (χ3v) is 5.21. The minimum absolute atomic E-state index is 0.0104. The Morgan fingerprint density at radius 1 is 0.467 bits per heavy atom. The van der Waals surface area contributed by atoms with Gasteiger partial charge in [-0.2, -0.15) is 0 Å². The molecule has 0 atom stereocenters. The molecule has 0 bridgehead atoms. The molecule has 0 heterocycles. The van der Waals surface area contributed by atoms with Crippen molar-refractivity contribution < 1.29 is 9.59 Å². The van der Waals surface area contributed by atoms with Crippen LogP contribution in [0.3, 0.4) is 0 Å². The second-order valence-corrected chi connectivity index (χ2v) is 7.55. The van der Waals surface area contributed by atoms with E-state index in [0.717, 1.165) is 22.3 Å². The lowest BCUT2D eigenvalue weighted by atomic mass is 9.95. The first-order chi connectivity index (χ1) is 14.5. The Labute approximate surface area is 176 Å². The molecule has 0 aliphatic carbocycles. The Hall–Kier alpha value is -3.78. The summed E-state index contributed by atoms with van der Waals surface area (Å²) in [6, 6.07) is 30.3. The molecule has 30 heavy (non-hydrogen) atoms. The second-order valence-electron chi connectivity index (χ2n) is 7.55. The molecule has 2 nitrogen and oxygen atoms in total. The van der Waals surface area contributed by atoms with E-state index in [2.05, 4.69) is 0 Å². The zero-order chi connectivity index (χ0) is 21.1. The van der Waals surface area contributed by atoms with Crippen molar-refractivity contribution in [2.24, 2.45) is 0 Å². The van der Waals surface area contributed by atoms with Gasteiger partial charge in [-0.3, -0.25) is 9.59 Å². The van der Waals surface area contributed by atoms with Crippen LogP contribution in [0, 0.1) is 13.8 Å². The van der Waals surface area contributed by atoms with Gasteiger partial charge in [-0.25, -0.2) is 0 Å². The van der Waals surface area contributed by atoms with Crippen LogP contribution in [-0.4, -0.2) is 11.6 Å². The Morgan fingerprint density at radius 2 is 0.833 bits per heavy atom. The molecule has 4 rings (SSSR count). The predicted octanol–water partition coefficient (Wildman–Crippen LogP) is 6.43. The van der Waals surface area contributed by atoms with E-state index in [4.69, 9.17) is 0 Å². The summed E-state index contributed by atoms with van der Waals surface area (Å²) in [4.78, 5) is 25.7. The van der Waals surface area contributed by atoms with E-state index in [-0.39, 0.29) is 11.6 Å². The fourth-order valence-corrected chi connectivity index (χ4v) is 3.42. The standard InChI is InChI=1S/C28H22O2/c1-19-9-13-21(14-10-19)27(29)25-7-3-5-23(17-25)24-6-4-8-26(18-24)28(30)22-15-11-20(2)12-16-22/h3-18H,1-2H3. The van der Waals surface area contributed by atoms with E-state index in [1.165, 1.54) is 0 Å². The first-order valence-corrected chi connectivity index (χ1v) is 9.94. The fraction of sp³-hybridized carbons (Fsp3) is 0.0714. The molecule has 0 aromatic heterocycles. The van der Waals surface area contributed by atoms with Crippen molar-refractivity contribution in [1.29, 1.82) is 0 Å². The summed E-state index contributed by atoms with van der Waals surface area (Å²) < 4.78 is 0. The highest BCUT2D eigenvalue weighted by Gasteiger charge is 2.12. The number of rotatable bonds is 5. The van der Waals surface area contributed by atoms with Crippen LogP contribution in [0.15, 0.2) is 97.1 Å². The molecule has 0 radical (unpaired) electrons. The third kappa shape index (κ3) is 4.13. The average Bonchev–Trinajstić information content (AvgIpc) is 2.79.